The van der Waals surface area contributed by atoms with Gasteiger partial charge in [0.2, 0.25) is 0 Å². The van der Waals surface area contributed by atoms with Crippen molar-refractivity contribution in [1.29, 1.82) is 0 Å². The highest BCUT2D eigenvalue weighted by Crippen LogP contribution is 2.31. The number of hydrogen-bond donors (Lipinski definition) is 1. The van der Waals surface area contributed by atoms with Gasteiger partial charge in [0.25, 0.3) is 0 Å². The van der Waals surface area contributed by atoms with Crippen molar-refractivity contribution in [2.75, 3.05) is 11.6 Å². The third-order valence-corrected chi connectivity index (χ3v) is 2.95. The third kappa shape index (κ3) is 2.59. The minimum absolute atomic E-state index is 0.755. The molecule has 1 N–H and O–H groups in total. The number of carbonyl (C=O) groups is 1. The average Bonchev–Trinajstić information content (AvgIpc) is 2.36. The molecule has 1 aromatic carbocycles. The van der Waals surface area contributed by atoms with Gasteiger partial charge in [-0.15, -0.1) is 6.58 Å². The molecule has 1 heterocycles. The number of carboxylic acid groups (broad SMARTS) is 1. The number of aryl methyl sites for hydroxylation is 1. The molecule has 94 valence electrons. The molecule has 2 rings (SSSR count). The summed E-state index contributed by atoms with van der Waals surface area (Å²) in [4.78, 5) is 10.6. The summed E-state index contributed by atoms with van der Waals surface area (Å²) in [5, 5.41) is 14.5. The van der Waals surface area contributed by atoms with Crippen LogP contribution in [0.4, 0.5) is 5.69 Å². The average molecular weight is 244 g/mol. The Morgan fingerprint density at radius 2 is 2.39 bits per heavy atom. The van der Waals surface area contributed by atoms with Crippen LogP contribution in [0.3, 0.4) is 0 Å². The van der Waals surface area contributed by atoms with Crippen LogP contribution in [0.5, 0.6) is 0 Å². The van der Waals surface area contributed by atoms with Gasteiger partial charge in [0.15, 0.2) is 0 Å². The fourth-order valence-electron chi connectivity index (χ4n) is 2.26. The van der Waals surface area contributed by atoms with Crippen LogP contribution in [-0.2, 0) is 17.6 Å². The molecule has 0 aromatic heterocycles. The normalized spacial score (nSPS) is 14.6. The number of carboxylic acids is 1. The van der Waals surface area contributed by atoms with Crippen LogP contribution in [-0.4, -0.2) is 23.8 Å². The van der Waals surface area contributed by atoms with E-state index in [0.29, 0.717) is 0 Å². The van der Waals surface area contributed by atoms with Gasteiger partial charge < -0.3 is 5.11 Å². The highest BCUT2D eigenvalue weighted by molar-refractivity contribution is 6.22. The lowest BCUT2D eigenvalue weighted by Gasteiger charge is -2.28. The smallest absolute Gasteiger partial charge is 0.348 e. The molecular formula is C14H16N2O2. The minimum atomic E-state index is -1.02. The highest BCUT2D eigenvalue weighted by atomic mass is 16.4. The van der Waals surface area contributed by atoms with Crippen molar-refractivity contribution in [2.45, 2.75) is 19.3 Å². The SMILES string of the molecule is C=CCc1cccc2c1N(/N=C/C(=O)O)CCC2. The summed E-state index contributed by atoms with van der Waals surface area (Å²) < 4.78 is 0. The van der Waals surface area contributed by atoms with Crippen molar-refractivity contribution in [1.82, 2.24) is 0 Å². The minimum Gasteiger partial charge on any atom is -0.477 e. The Kier molecular flexibility index (Phi) is 3.77. The maximum Gasteiger partial charge on any atom is 0.348 e. The quantitative estimate of drug-likeness (QED) is 0.652. The van der Waals surface area contributed by atoms with Crippen LogP contribution in [0, 0.1) is 0 Å². The van der Waals surface area contributed by atoms with Gasteiger partial charge in [0.05, 0.1) is 5.69 Å². The fourth-order valence-corrected chi connectivity index (χ4v) is 2.26. The lowest BCUT2D eigenvalue weighted by atomic mass is 9.97. The second kappa shape index (κ2) is 5.49. The van der Waals surface area contributed by atoms with E-state index >= 15 is 0 Å². The number of hydrazone groups is 1. The van der Waals surface area contributed by atoms with Crippen LogP contribution in [0.25, 0.3) is 0 Å². The molecular weight excluding hydrogens is 228 g/mol. The summed E-state index contributed by atoms with van der Waals surface area (Å²) in [7, 11) is 0. The summed E-state index contributed by atoms with van der Waals surface area (Å²) in [6.07, 6.45) is 5.56. The molecule has 1 aliphatic heterocycles. The van der Waals surface area contributed by atoms with Gasteiger partial charge in [-0.2, -0.15) is 5.10 Å². The number of rotatable bonds is 4. The van der Waals surface area contributed by atoms with Crippen LogP contribution in [0.2, 0.25) is 0 Å². The number of hydrogen-bond acceptors (Lipinski definition) is 3. The van der Waals surface area contributed by atoms with E-state index < -0.39 is 5.97 Å². The van der Waals surface area contributed by atoms with Crippen molar-refractivity contribution in [2.24, 2.45) is 5.10 Å². The molecule has 4 nitrogen and oxygen atoms in total. The fraction of sp³-hybridized carbons (Fsp3) is 0.286. The standard InChI is InChI=1S/C14H16N2O2/c1-2-5-11-6-3-7-12-8-4-9-16(14(11)12)15-10-13(17)18/h2-3,6-7,10H,1,4-5,8-9H2,(H,17,18)/b15-10+. The third-order valence-electron chi connectivity index (χ3n) is 2.95. The number of para-hydroxylation sites is 1. The van der Waals surface area contributed by atoms with E-state index in [0.717, 1.165) is 43.3 Å². The van der Waals surface area contributed by atoms with Gasteiger partial charge in [-0.1, -0.05) is 24.3 Å². The maximum absolute atomic E-state index is 10.6. The van der Waals surface area contributed by atoms with Crippen molar-refractivity contribution in [3.05, 3.63) is 42.0 Å². The number of nitrogens with zero attached hydrogens (tertiary/aromatic N) is 2. The first-order valence-electron chi connectivity index (χ1n) is 5.98. The monoisotopic (exact) mass is 244 g/mol. The van der Waals surface area contributed by atoms with Gasteiger partial charge in [-0.3, -0.25) is 5.01 Å². The molecule has 0 spiro atoms. The van der Waals surface area contributed by atoms with Gasteiger partial charge >= 0.3 is 5.97 Å². The molecule has 0 aliphatic carbocycles. The molecule has 0 amide bonds. The molecule has 0 saturated carbocycles. The van der Waals surface area contributed by atoms with E-state index in [4.69, 9.17) is 5.11 Å². The van der Waals surface area contributed by atoms with E-state index in [1.807, 2.05) is 18.2 Å². The molecule has 1 aromatic rings. The Morgan fingerprint density at radius 1 is 1.56 bits per heavy atom. The van der Waals surface area contributed by atoms with Crippen molar-refractivity contribution < 1.29 is 9.90 Å². The molecule has 18 heavy (non-hydrogen) atoms. The van der Waals surface area contributed by atoms with Gasteiger partial charge in [-0.05, 0) is 30.4 Å². The largest absolute Gasteiger partial charge is 0.477 e. The highest BCUT2D eigenvalue weighted by Gasteiger charge is 2.19. The summed E-state index contributed by atoms with van der Waals surface area (Å²) >= 11 is 0. The number of benzene rings is 1. The first kappa shape index (κ1) is 12.4. The summed E-state index contributed by atoms with van der Waals surface area (Å²) in [6.45, 7) is 4.51. The van der Waals surface area contributed by atoms with Gasteiger partial charge in [0.1, 0.15) is 6.21 Å². The van der Waals surface area contributed by atoms with E-state index in [1.165, 1.54) is 5.56 Å². The zero-order valence-corrected chi connectivity index (χ0v) is 10.2. The number of anilines is 1. The van der Waals surface area contributed by atoms with Crippen LogP contribution < -0.4 is 5.01 Å². The zero-order valence-electron chi connectivity index (χ0n) is 10.2. The Hall–Kier alpha value is -2.10. The van der Waals surface area contributed by atoms with E-state index in [1.54, 1.807) is 5.01 Å². The predicted molar refractivity (Wildman–Crippen MR) is 72.1 cm³/mol. The maximum atomic E-state index is 10.6. The molecule has 1 aliphatic rings. The zero-order chi connectivity index (χ0) is 13.0. The lowest BCUT2D eigenvalue weighted by molar-refractivity contribution is -0.128. The second-order valence-electron chi connectivity index (χ2n) is 4.23. The van der Waals surface area contributed by atoms with Crippen molar-refractivity contribution >= 4 is 17.9 Å². The van der Waals surface area contributed by atoms with Crippen molar-refractivity contribution in [3.63, 3.8) is 0 Å². The summed E-state index contributed by atoms with van der Waals surface area (Å²) in [6, 6.07) is 6.14. The Morgan fingerprint density at radius 3 is 3.11 bits per heavy atom. The van der Waals surface area contributed by atoms with Crippen molar-refractivity contribution in [3.8, 4) is 0 Å². The molecule has 0 saturated heterocycles. The van der Waals surface area contributed by atoms with E-state index in [9.17, 15) is 4.79 Å². The number of aliphatic carboxylic acids is 1. The second-order valence-corrected chi connectivity index (χ2v) is 4.23. The molecule has 0 fully saturated rings. The van der Waals surface area contributed by atoms with Crippen LogP contribution >= 0.6 is 0 Å². The summed E-state index contributed by atoms with van der Waals surface area (Å²) in [5.41, 5.74) is 3.41. The Labute approximate surface area is 106 Å². The lowest BCUT2D eigenvalue weighted by Crippen LogP contribution is -2.26. The first-order chi connectivity index (χ1) is 8.72. The Balaban J connectivity index is 2.39. The predicted octanol–water partition coefficient (Wildman–Crippen LogP) is 2.24. The van der Waals surface area contributed by atoms with Gasteiger partial charge in [-0.25, -0.2) is 4.79 Å². The molecule has 0 radical (unpaired) electrons. The molecule has 4 heteroatoms. The summed E-state index contributed by atoms with van der Waals surface area (Å²) in [5.74, 6) is -1.02. The van der Waals surface area contributed by atoms with Gasteiger partial charge in [0, 0.05) is 6.54 Å². The van der Waals surface area contributed by atoms with Crippen LogP contribution in [0.15, 0.2) is 36.0 Å². The topological polar surface area (TPSA) is 52.9 Å². The number of fused-ring (bicyclic) bond motifs is 1. The first-order valence-corrected chi connectivity index (χ1v) is 5.98. The number of allylic oxidation sites excluding steroid dienone is 1. The van der Waals surface area contributed by atoms with Crippen LogP contribution in [0.1, 0.15) is 17.5 Å². The molecule has 0 unspecified atom stereocenters. The molecule has 0 atom stereocenters. The molecule has 0 bridgehead atoms. The van der Waals surface area contributed by atoms with E-state index in [2.05, 4.69) is 17.7 Å². The Bertz CT molecular complexity index is 495. The van der Waals surface area contributed by atoms with E-state index in [-0.39, 0.29) is 0 Å².